The summed E-state index contributed by atoms with van der Waals surface area (Å²) in [6.45, 7) is 3.72. The van der Waals surface area contributed by atoms with Crippen LogP contribution < -0.4 is 5.32 Å². The third-order valence-corrected chi connectivity index (χ3v) is 3.47. The van der Waals surface area contributed by atoms with Crippen LogP contribution in [0.5, 0.6) is 0 Å². The van der Waals surface area contributed by atoms with E-state index in [9.17, 15) is 0 Å². The molecular formula is C13H17N3O. The quantitative estimate of drug-likeness (QED) is 0.855. The maximum atomic E-state index is 5.90. The van der Waals surface area contributed by atoms with E-state index in [0.29, 0.717) is 0 Å². The van der Waals surface area contributed by atoms with Gasteiger partial charge in [-0.25, -0.2) is 0 Å². The van der Waals surface area contributed by atoms with Gasteiger partial charge in [-0.05, 0) is 20.0 Å². The van der Waals surface area contributed by atoms with Crippen molar-refractivity contribution < 1.29 is 4.74 Å². The van der Waals surface area contributed by atoms with Crippen LogP contribution in [-0.2, 0) is 11.3 Å². The molecule has 90 valence electrons. The molecule has 4 nitrogen and oxygen atoms in total. The van der Waals surface area contributed by atoms with Crippen molar-refractivity contribution in [3.8, 4) is 0 Å². The molecule has 1 aliphatic heterocycles. The minimum absolute atomic E-state index is 0.0844. The van der Waals surface area contributed by atoms with Crippen molar-refractivity contribution in [1.29, 1.82) is 0 Å². The molecule has 2 heterocycles. The first-order chi connectivity index (χ1) is 8.31. The molecule has 3 rings (SSSR count). The highest BCUT2D eigenvalue weighted by Crippen LogP contribution is 2.31. The zero-order chi connectivity index (χ0) is 11.8. The van der Waals surface area contributed by atoms with E-state index in [1.165, 1.54) is 11.1 Å². The highest BCUT2D eigenvalue weighted by molar-refractivity contribution is 5.82. The Labute approximate surface area is 101 Å². The van der Waals surface area contributed by atoms with Gasteiger partial charge in [0.2, 0.25) is 0 Å². The number of hydrogen-bond donors (Lipinski definition) is 1. The van der Waals surface area contributed by atoms with Crippen molar-refractivity contribution >= 4 is 10.9 Å². The van der Waals surface area contributed by atoms with Crippen molar-refractivity contribution in [3.05, 3.63) is 30.0 Å². The van der Waals surface area contributed by atoms with Crippen LogP contribution in [0.1, 0.15) is 18.7 Å². The molecule has 2 aromatic rings. The molecular weight excluding hydrogens is 214 g/mol. The van der Waals surface area contributed by atoms with Gasteiger partial charge < -0.3 is 10.1 Å². The summed E-state index contributed by atoms with van der Waals surface area (Å²) in [5.41, 5.74) is 2.26. The van der Waals surface area contributed by atoms with E-state index in [1.807, 2.05) is 13.1 Å². The largest absolute Gasteiger partial charge is 0.368 e. The monoisotopic (exact) mass is 231 g/mol. The minimum atomic E-state index is 0.0844. The Morgan fingerprint density at radius 2 is 2.29 bits per heavy atom. The SMILES string of the molecule is CN[C@H](C)[C@@H]1OCCn2nc3ccccc3c21. The maximum absolute atomic E-state index is 5.90. The summed E-state index contributed by atoms with van der Waals surface area (Å²) in [6.07, 6.45) is 0.0844. The Kier molecular flexibility index (Phi) is 2.61. The summed E-state index contributed by atoms with van der Waals surface area (Å²) in [5.74, 6) is 0. The normalized spacial score (nSPS) is 21.4. The van der Waals surface area contributed by atoms with Gasteiger partial charge in [0, 0.05) is 11.4 Å². The minimum Gasteiger partial charge on any atom is -0.368 e. The fraction of sp³-hybridized carbons (Fsp3) is 0.462. The van der Waals surface area contributed by atoms with Crippen molar-refractivity contribution in [2.75, 3.05) is 13.7 Å². The van der Waals surface area contributed by atoms with Crippen LogP contribution in [0.2, 0.25) is 0 Å². The van der Waals surface area contributed by atoms with Crippen LogP contribution in [0, 0.1) is 0 Å². The fourth-order valence-corrected chi connectivity index (χ4v) is 2.45. The van der Waals surface area contributed by atoms with Gasteiger partial charge in [0.15, 0.2) is 0 Å². The Bertz CT molecular complexity index is 534. The van der Waals surface area contributed by atoms with Crippen LogP contribution >= 0.6 is 0 Å². The molecule has 1 aromatic heterocycles. The first-order valence-corrected chi connectivity index (χ1v) is 6.05. The van der Waals surface area contributed by atoms with E-state index in [0.717, 1.165) is 18.7 Å². The third kappa shape index (κ3) is 1.64. The average molecular weight is 231 g/mol. The molecule has 17 heavy (non-hydrogen) atoms. The van der Waals surface area contributed by atoms with E-state index < -0.39 is 0 Å². The Morgan fingerprint density at radius 1 is 1.47 bits per heavy atom. The van der Waals surface area contributed by atoms with Crippen LogP contribution in [0.4, 0.5) is 0 Å². The van der Waals surface area contributed by atoms with Gasteiger partial charge in [-0.15, -0.1) is 0 Å². The molecule has 0 amide bonds. The van der Waals surface area contributed by atoms with Crippen LogP contribution in [0.3, 0.4) is 0 Å². The van der Waals surface area contributed by atoms with Gasteiger partial charge in [0.25, 0.3) is 0 Å². The first kappa shape index (κ1) is 10.7. The molecule has 1 N–H and O–H groups in total. The number of nitrogens with zero attached hydrogens (tertiary/aromatic N) is 2. The van der Waals surface area contributed by atoms with Gasteiger partial charge in [-0.1, -0.05) is 18.2 Å². The fourth-order valence-electron chi connectivity index (χ4n) is 2.45. The summed E-state index contributed by atoms with van der Waals surface area (Å²) in [7, 11) is 1.96. The molecule has 0 saturated heterocycles. The number of benzene rings is 1. The summed E-state index contributed by atoms with van der Waals surface area (Å²) < 4.78 is 7.99. The number of fused-ring (bicyclic) bond motifs is 3. The zero-order valence-electron chi connectivity index (χ0n) is 10.2. The summed E-state index contributed by atoms with van der Waals surface area (Å²) in [4.78, 5) is 0. The highest BCUT2D eigenvalue weighted by Gasteiger charge is 2.28. The lowest BCUT2D eigenvalue weighted by atomic mass is 10.0. The lowest BCUT2D eigenvalue weighted by molar-refractivity contribution is -0.000832. The smallest absolute Gasteiger partial charge is 0.115 e. The number of nitrogens with one attached hydrogen (secondary N) is 1. The topological polar surface area (TPSA) is 39.1 Å². The molecule has 0 bridgehead atoms. The molecule has 0 fully saturated rings. The van der Waals surface area contributed by atoms with E-state index >= 15 is 0 Å². The second-order valence-corrected chi connectivity index (χ2v) is 4.49. The van der Waals surface area contributed by atoms with E-state index in [4.69, 9.17) is 4.74 Å². The van der Waals surface area contributed by atoms with E-state index in [-0.39, 0.29) is 12.1 Å². The van der Waals surface area contributed by atoms with Gasteiger partial charge in [0.05, 0.1) is 24.4 Å². The molecule has 0 radical (unpaired) electrons. The molecule has 1 aliphatic rings. The van der Waals surface area contributed by atoms with Gasteiger partial charge in [0.1, 0.15) is 6.10 Å². The highest BCUT2D eigenvalue weighted by atomic mass is 16.5. The summed E-state index contributed by atoms with van der Waals surface area (Å²) >= 11 is 0. The molecule has 1 aromatic carbocycles. The number of aromatic nitrogens is 2. The number of hydrogen-bond acceptors (Lipinski definition) is 3. The predicted molar refractivity (Wildman–Crippen MR) is 66.9 cm³/mol. The van der Waals surface area contributed by atoms with Gasteiger partial charge in [-0.3, -0.25) is 4.68 Å². The lowest BCUT2D eigenvalue weighted by Crippen LogP contribution is -2.35. The Hall–Kier alpha value is -1.39. The number of ether oxygens (including phenoxy) is 1. The first-order valence-electron chi connectivity index (χ1n) is 6.05. The van der Waals surface area contributed by atoms with Crippen molar-refractivity contribution in [3.63, 3.8) is 0 Å². The number of likely N-dealkylation sites (N-methyl/N-ethyl adjacent to an activating group) is 1. The second-order valence-electron chi connectivity index (χ2n) is 4.49. The summed E-state index contributed by atoms with van der Waals surface area (Å²) in [5, 5.41) is 9.10. The molecule has 2 atom stereocenters. The van der Waals surface area contributed by atoms with Crippen LogP contribution in [0.25, 0.3) is 10.9 Å². The van der Waals surface area contributed by atoms with Gasteiger partial charge in [-0.2, -0.15) is 5.10 Å². The summed E-state index contributed by atoms with van der Waals surface area (Å²) in [6, 6.07) is 8.55. The molecule has 0 spiro atoms. The zero-order valence-corrected chi connectivity index (χ0v) is 10.2. The third-order valence-electron chi connectivity index (χ3n) is 3.47. The Balaban J connectivity index is 2.17. The molecule has 0 aliphatic carbocycles. The van der Waals surface area contributed by atoms with Crippen molar-refractivity contribution in [2.24, 2.45) is 0 Å². The second kappa shape index (κ2) is 4.13. The predicted octanol–water partition coefficient (Wildman–Crippen LogP) is 1.72. The maximum Gasteiger partial charge on any atom is 0.115 e. The van der Waals surface area contributed by atoms with Crippen molar-refractivity contribution in [1.82, 2.24) is 15.1 Å². The molecule has 4 heteroatoms. The average Bonchev–Trinajstić information content (AvgIpc) is 2.76. The van der Waals surface area contributed by atoms with Crippen LogP contribution in [0.15, 0.2) is 24.3 Å². The van der Waals surface area contributed by atoms with Gasteiger partial charge >= 0.3 is 0 Å². The standard InChI is InChI=1S/C13H17N3O/c1-9(14-2)13-12-10-5-3-4-6-11(10)15-16(12)7-8-17-13/h3-6,9,13-14H,7-8H2,1-2H3/t9-,13+/m1/s1. The van der Waals surface area contributed by atoms with E-state index in [2.05, 4.69) is 40.2 Å². The Morgan fingerprint density at radius 3 is 3.12 bits per heavy atom. The number of rotatable bonds is 2. The van der Waals surface area contributed by atoms with Crippen molar-refractivity contribution in [2.45, 2.75) is 25.6 Å². The van der Waals surface area contributed by atoms with Crippen LogP contribution in [-0.4, -0.2) is 29.5 Å². The van der Waals surface area contributed by atoms with E-state index in [1.54, 1.807) is 0 Å². The molecule has 0 saturated carbocycles. The lowest BCUT2D eigenvalue weighted by Gasteiger charge is -2.29. The molecule has 0 unspecified atom stereocenters.